The summed E-state index contributed by atoms with van der Waals surface area (Å²) >= 11 is 0. The Morgan fingerprint density at radius 1 is 1.33 bits per heavy atom. The molecule has 4 heteroatoms. The first-order chi connectivity index (χ1) is 12.8. The molecule has 4 nitrogen and oxygen atoms in total. The number of rotatable bonds is 6. The third-order valence-electron chi connectivity index (χ3n) is 4.16. The number of hydrogen-bond donors (Lipinski definition) is 1. The predicted molar refractivity (Wildman–Crippen MR) is 113 cm³/mol. The van der Waals surface area contributed by atoms with E-state index in [1.807, 2.05) is 57.3 Å². The van der Waals surface area contributed by atoms with Gasteiger partial charge in [0.25, 0.3) is 5.91 Å². The summed E-state index contributed by atoms with van der Waals surface area (Å²) in [6, 6.07) is 8.10. The monoisotopic (exact) mass is 361 g/mol. The van der Waals surface area contributed by atoms with Crippen molar-refractivity contribution in [2.24, 2.45) is 4.99 Å². The molecule has 0 saturated carbocycles. The van der Waals surface area contributed by atoms with Gasteiger partial charge in [-0.25, -0.2) is 0 Å². The maximum atomic E-state index is 12.9. The summed E-state index contributed by atoms with van der Waals surface area (Å²) in [6.45, 7) is 14.5. The van der Waals surface area contributed by atoms with E-state index in [1.54, 1.807) is 18.2 Å². The molecule has 1 aromatic rings. The lowest BCUT2D eigenvalue weighted by molar-refractivity contribution is -0.118. The Morgan fingerprint density at radius 2 is 2.07 bits per heavy atom. The maximum Gasteiger partial charge on any atom is 0.268 e. The van der Waals surface area contributed by atoms with Crippen molar-refractivity contribution < 1.29 is 4.79 Å². The van der Waals surface area contributed by atoms with E-state index in [4.69, 9.17) is 0 Å². The van der Waals surface area contributed by atoms with Crippen molar-refractivity contribution in [1.82, 2.24) is 10.2 Å². The minimum Gasteiger partial charge on any atom is -0.347 e. The average Bonchev–Trinajstić information content (AvgIpc) is 2.61. The van der Waals surface area contributed by atoms with Gasteiger partial charge >= 0.3 is 0 Å². The Kier molecular flexibility index (Phi) is 6.72. The number of nitrogens with one attached hydrogen (secondary N) is 1. The van der Waals surface area contributed by atoms with Gasteiger partial charge in [-0.1, -0.05) is 43.0 Å². The van der Waals surface area contributed by atoms with Crippen molar-refractivity contribution in [2.45, 2.75) is 27.3 Å². The predicted octanol–water partition coefficient (Wildman–Crippen LogP) is 4.43. The van der Waals surface area contributed by atoms with Gasteiger partial charge in [0.05, 0.1) is 0 Å². The summed E-state index contributed by atoms with van der Waals surface area (Å²) < 4.78 is 0. The summed E-state index contributed by atoms with van der Waals surface area (Å²) in [5, 5.41) is 3.01. The van der Waals surface area contributed by atoms with E-state index in [0.29, 0.717) is 17.9 Å². The lowest BCUT2D eigenvalue weighted by Gasteiger charge is -2.28. The number of carbonyl (C=O) groups excluding carboxylic acids is 1. The number of amides is 1. The molecule has 27 heavy (non-hydrogen) atoms. The van der Waals surface area contributed by atoms with Crippen LogP contribution in [0.25, 0.3) is 0 Å². The molecule has 1 aliphatic rings. The van der Waals surface area contributed by atoms with Gasteiger partial charge in [0.2, 0.25) is 0 Å². The zero-order chi connectivity index (χ0) is 20.0. The van der Waals surface area contributed by atoms with E-state index in [0.717, 1.165) is 22.3 Å². The van der Waals surface area contributed by atoms with Crippen LogP contribution < -0.4 is 5.32 Å². The van der Waals surface area contributed by atoms with Crippen molar-refractivity contribution in [1.29, 1.82) is 0 Å². The molecule has 0 radical (unpaired) electrons. The topological polar surface area (TPSA) is 44.7 Å². The molecule has 0 atom stereocenters. The normalized spacial score (nSPS) is 13.6. The van der Waals surface area contributed by atoms with Crippen molar-refractivity contribution in [2.75, 3.05) is 7.05 Å². The lowest BCUT2D eigenvalue weighted by atomic mass is 10.0. The molecular weight excluding hydrogens is 334 g/mol. The van der Waals surface area contributed by atoms with Crippen molar-refractivity contribution >= 4 is 12.1 Å². The van der Waals surface area contributed by atoms with Gasteiger partial charge in [-0.3, -0.25) is 9.79 Å². The molecule has 1 amide bonds. The summed E-state index contributed by atoms with van der Waals surface area (Å²) in [5.74, 6) is -0.131. The molecule has 140 valence electrons. The number of aliphatic imine (C=N–C) groups is 1. The fourth-order valence-electron chi connectivity index (χ4n) is 2.86. The fraction of sp³-hybridized carbons (Fsp3) is 0.217. The molecule has 0 spiro atoms. The second kappa shape index (κ2) is 8.99. The summed E-state index contributed by atoms with van der Waals surface area (Å²) in [4.78, 5) is 18.7. The highest BCUT2D eigenvalue weighted by molar-refractivity contribution is 5.94. The first-order valence-electron chi connectivity index (χ1n) is 8.84. The zero-order valence-electron chi connectivity index (χ0n) is 16.5. The van der Waals surface area contributed by atoms with E-state index < -0.39 is 0 Å². The van der Waals surface area contributed by atoms with Crippen LogP contribution in [0.3, 0.4) is 0 Å². The van der Waals surface area contributed by atoms with Gasteiger partial charge in [-0.15, -0.1) is 0 Å². The molecule has 1 aliphatic heterocycles. The average molecular weight is 361 g/mol. The van der Waals surface area contributed by atoms with E-state index in [-0.39, 0.29) is 5.91 Å². The molecule has 1 aromatic carbocycles. The molecule has 0 saturated heterocycles. The molecule has 1 heterocycles. The third kappa shape index (κ3) is 5.17. The minimum absolute atomic E-state index is 0.131. The number of aryl methyl sites for hydroxylation is 1. The van der Waals surface area contributed by atoms with Gasteiger partial charge in [0, 0.05) is 31.7 Å². The van der Waals surface area contributed by atoms with Crippen molar-refractivity contribution in [3.63, 3.8) is 0 Å². The number of hydrogen-bond acceptors (Lipinski definition) is 3. The van der Waals surface area contributed by atoms with Gasteiger partial charge in [0.15, 0.2) is 0 Å². The number of carbonyl (C=O) groups is 1. The first kappa shape index (κ1) is 20.2. The van der Waals surface area contributed by atoms with Crippen molar-refractivity contribution in [3.05, 3.63) is 95.0 Å². The van der Waals surface area contributed by atoms with Crippen LogP contribution in [0.1, 0.15) is 25.0 Å². The quantitative estimate of drug-likeness (QED) is 0.602. The summed E-state index contributed by atoms with van der Waals surface area (Å²) in [7, 11) is 1.71. The Balaban J connectivity index is 2.15. The van der Waals surface area contributed by atoms with Crippen LogP contribution in [-0.2, 0) is 11.3 Å². The number of nitrogens with zero attached hydrogens (tertiary/aromatic N) is 2. The fourth-order valence-corrected chi connectivity index (χ4v) is 2.86. The lowest BCUT2D eigenvalue weighted by Crippen LogP contribution is -2.33. The molecule has 0 aliphatic carbocycles. The van der Waals surface area contributed by atoms with Crippen LogP contribution in [0, 0.1) is 6.92 Å². The Labute approximate surface area is 162 Å². The Morgan fingerprint density at radius 3 is 2.67 bits per heavy atom. The highest BCUT2D eigenvalue weighted by Crippen LogP contribution is 2.25. The second-order valence-corrected chi connectivity index (χ2v) is 6.71. The van der Waals surface area contributed by atoms with Gasteiger partial charge < -0.3 is 10.2 Å². The maximum absolute atomic E-state index is 12.9. The highest BCUT2D eigenvalue weighted by atomic mass is 16.2. The standard InChI is InChI=1S/C23H27N3O/c1-16(2)22(23(27)25-15-20-9-7-8-17(3)12-20)26-11-10-21(13-19(26)5)18(4)14-24-6/h7-14H,4-5,15H2,1-3,6H3,(H,25,27). The number of benzene rings is 1. The van der Waals surface area contributed by atoms with Crippen LogP contribution in [0.15, 0.2) is 88.9 Å². The van der Waals surface area contributed by atoms with Crippen molar-refractivity contribution in [3.8, 4) is 0 Å². The molecule has 0 bridgehead atoms. The zero-order valence-corrected chi connectivity index (χ0v) is 16.5. The van der Waals surface area contributed by atoms with E-state index in [1.165, 1.54) is 5.56 Å². The Bertz CT molecular complexity index is 881. The largest absolute Gasteiger partial charge is 0.347 e. The third-order valence-corrected chi connectivity index (χ3v) is 4.16. The first-order valence-corrected chi connectivity index (χ1v) is 8.84. The smallest absolute Gasteiger partial charge is 0.268 e. The van der Waals surface area contributed by atoms with E-state index >= 15 is 0 Å². The van der Waals surface area contributed by atoms with Crippen LogP contribution in [-0.4, -0.2) is 24.1 Å². The van der Waals surface area contributed by atoms with Gasteiger partial charge in [-0.05, 0) is 55.2 Å². The van der Waals surface area contributed by atoms with Gasteiger partial charge in [-0.2, -0.15) is 0 Å². The minimum atomic E-state index is -0.131. The molecule has 2 rings (SSSR count). The van der Waals surface area contributed by atoms with Crippen LogP contribution >= 0.6 is 0 Å². The van der Waals surface area contributed by atoms with Crippen LogP contribution in [0.2, 0.25) is 0 Å². The SMILES string of the molecule is C=C(C=NC)C1=CC(=C)N(C(C(=O)NCc2cccc(C)c2)=C(C)C)C=C1. The Hall–Kier alpha value is -3.14. The summed E-state index contributed by atoms with van der Waals surface area (Å²) in [6.07, 6.45) is 7.37. The van der Waals surface area contributed by atoms with E-state index in [9.17, 15) is 4.79 Å². The molecule has 0 fully saturated rings. The molecular formula is C23H27N3O. The van der Waals surface area contributed by atoms with Crippen LogP contribution in [0.5, 0.6) is 0 Å². The molecule has 1 N–H and O–H groups in total. The highest BCUT2D eigenvalue weighted by Gasteiger charge is 2.21. The van der Waals surface area contributed by atoms with Crippen LogP contribution in [0.4, 0.5) is 0 Å². The second-order valence-electron chi connectivity index (χ2n) is 6.71. The number of allylic oxidation sites excluding steroid dienone is 5. The van der Waals surface area contributed by atoms with Gasteiger partial charge in [0.1, 0.15) is 5.70 Å². The summed E-state index contributed by atoms with van der Waals surface area (Å²) in [5.41, 5.74) is 6.17. The molecule has 0 aromatic heterocycles. The molecule has 0 unspecified atom stereocenters. The van der Waals surface area contributed by atoms with E-state index in [2.05, 4.69) is 29.5 Å².